The van der Waals surface area contributed by atoms with Crippen LogP contribution in [0, 0.1) is 17.2 Å². The van der Waals surface area contributed by atoms with Gasteiger partial charge in [0.25, 0.3) is 0 Å². The molecule has 1 saturated heterocycles. The Morgan fingerprint density at radius 2 is 2.33 bits per heavy atom. The predicted octanol–water partition coefficient (Wildman–Crippen LogP) is 0.898. The fraction of sp³-hybridized carbons (Fsp3) is 0.500. The number of nitrogen functional groups attached to an aromatic ring is 1. The van der Waals surface area contributed by atoms with E-state index in [-0.39, 0.29) is 18.4 Å². The van der Waals surface area contributed by atoms with Crippen molar-refractivity contribution in [2.24, 2.45) is 5.92 Å². The summed E-state index contributed by atoms with van der Waals surface area (Å²) in [5.41, 5.74) is 6.75. The van der Waals surface area contributed by atoms with Crippen molar-refractivity contribution >= 4 is 23.1 Å². The van der Waals surface area contributed by atoms with E-state index in [1.807, 2.05) is 19.2 Å². The SMILES string of the molecule is CC1CCN(C(=O)CC#N)CC1N(C)c1ncnn2c(N)ccc12. The zero-order valence-electron chi connectivity index (χ0n) is 13.9. The van der Waals surface area contributed by atoms with Gasteiger partial charge in [-0.05, 0) is 24.5 Å². The molecule has 1 aliphatic rings. The van der Waals surface area contributed by atoms with Crippen LogP contribution < -0.4 is 10.6 Å². The van der Waals surface area contributed by atoms with Gasteiger partial charge in [-0.25, -0.2) is 9.50 Å². The Hall–Kier alpha value is -2.82. The number of rotatable bonds is 3. The quantitative estimate of drug-likeness (QED) is 0.898. The van der Waals surface area contributed by atoms with Gasteiger partial charge in [-0.1, -0.05) is 6.92 Å². The monoisotopic (exact) mass is 327 g/mol. The molecule has 8 heteroatoms. The van der Waals surface area contributed by atoms with E-state index in [9.17, 15) is 4.79 Å². The van der Waals surface area contributed by atoms with Gasteiger partial charge >= 0.3 is 0 Å². The molecule has 126 valence electrons. The van der Waals surface area contributed by atoms with Gasteiger partial charge in [-0.2, -0.15) is 10.4 Å². The molecule has 3 rings (SSSR count). The molecule has 2 N–H and O–H groups in total. The second-order valence-corrected chi connectivity index (χ2v) is 6.26. The van der Waals surface area contributed by atoms with Gasteiger partial charge in [0.15, 0.2) is 5.82 Å². The van der Waals surface area contributed by atoms with Gasteiger partial charge in [-0.15, -0.1) is 0 Å². The van der Waals surface area contributed by atoms with Crippen molar-refractivity contribution in [1.82, 2.24) is 19.5 Å². The molecule has 1 aliphatic heterocycles. The first kappa shape index (κ1) is 16.1. The maximum Gasteiger partial charge on any atom is 0.236 e. The van der Waals surface area contributed by atoms with E-state index in [0.29, 0.717) is 24.8 Å². The summed E-state index contributed by atoms with van der Waals surface area (Å²) < 4.78 is 1.66. The third-order valence-corrected chi connectivity index (χ3v) is 4.79. The average molecular weight is 327 g/mol. The Labute approximate surface area is 140 Å². The number of fused-ring (bicyclic) bond motifs is 1. The normalized spacial score (nSPS) is 20.8. The Bertz CT molecular complexity index is 793. The summed E-state index contributed by atoms with van der Waals surface area (Å²) in [6.45, 7) is 3.46. The summed E-state index contributed by atoms with van der Waals surface area (Å²) in [5.74, 6) is 1.64. The van der Waals surface area contributed by atoms with Crippen LogP contribution in [0.4, 0.5) is 11.6 Å². The number of nitrogens with two attached hydrogens (primary N) is 1. The first-order valence-corrected chi connectivity index (χ1v) is 7.98. The second kappa shape index (κ2) is 6.35. The summed E-state index contributed by atoms with van der Waals surface area (Å²) in [5, 5.41) is 12.9. The molecule has 24 heavy (non-hydrogen) atoms. The van der Waals surface area contributed by atoms with Crippen molar-refractivity contribution in [1.29, 1.82) is 5.26 Å². The first-order chi connectivity index (χ1) is 11.5. The number of likely N-dealkylation sites (tertiary alicyclic amines) is 1. The molecule has 2 aromatic heterocycles. The van der Waals surface area contributed by atoms with Crippen LogP contribution in [0.2, 0.25) is 0 Å². The molecule has 0 aromatic carbocycles. The molecular formula is C16H21N7O. The fourth-order valence-electron chi connectivity index (χ4n) is 3.33. The van der Waals surface area contributed by atoms with E-state index in [2.05, 4.69) is 21.9 Å². The molecule has 0 spiro atoms. The molecule has 2 aromatic rings. The molecule has 2 atom stereocenters. The van der Waals surface area contributed by atoms with Crippen LogP contribution in [-0.4, -0.2) is 51.6 Å². The lowest BCUT2D eigenvalue weighted by Gasteiger charge is -2.42. The van der Waals surface area contributed by atoms with Crippen molar-refractivity contribution in [2.75, 3.05) is 30.8 Å². The van der Waals surface area contributed by atoms with E-state index >= 15 is 0 Å². The zero-order valence-corrected chi connectivity index (χ0v) is 13.9. The summed E-state index contributed by atoms with van der Waals surface area (Å²) in [6.07, 6.45) is 2.32. The Morgan fingerprint density at radius 3 is 3.08 bits per heavy atom. The van der Waals surface area contributed by atoms with E-state index < -0.39 is 0 Å². The highest BCUT2D eigenvalue weighted by atomic mass is 16.2. The lowest BCUT2D eigenvalue weighted by molar-refractivity contribution is -0.131. The smallest absolute Gasteiger partial charge is 0.236 e. The minimum Gasteiger partial charge on any atom is -0.384 e. The summed E-state index contributed by atoms with van der Waals surface area (Å²) >= 11 is 0. The van der Waals surface area contributed by atoms with Gasteiger partial charge in [0.1, 0.15) is 24.1 Å². The second-order valence-electron chi connectivity index (χ2n) is 6.26. The molecule has 1 amide bonds. The number of nitriles is 1. The number of amides is 1. The Kier molecular flexibility index (Phi) is 4.25. The summed E-state index contributed by atoms with van der Waals surface area (Å²) in [4.78, 5) is 20.3. The van der Waals surface area contributed by atoms with Crippen molar-refractivity contribution in [3.8, 4) is 6.07 Å². The lowest BCUT2D eigenvalue weighted by Crippen LogP contribution is -2.52. The predicted molar refractivity (Wildman–Crippen MR) is 90.2 cm³/mol. The van der Waals surface area contributed by atoms with Gasteiger partial charge in [0.2, 0.25) is 5.91 Å². The van der Waals surface area contributed by atoms with E-state index in [1.54, 1.807) is 15.5 Å². The average Bonchev–Trinajstić information content (AvgIpc) is 2.96. The molecule has 3 heterocycles. The number of hydrogen-bond acceptors (Lipinski definition) is 6. The molecule has 0 aliphatic carbocycles. The zero-order chi connectivity index (χ0) is 17.3. The van der Waals surface area contributed by atoms with Crippen LogP contribution in [-0.2, 0) is 4.79 Å². The standard InChI is InChI=1S/C16H21N7O/c1-11-6-8-22(15(24)5-7-17)9-13(11)21(2)16-12-3-4-14(18)23(12)20-10-19-16/h3-4,10-11,13H,5-6,8-9,18H2,1-2H3. The highest BCUT2D eigenvalue weighted by Crippen LogP contribution is 2.28. The lowest BCUT2D eigenvalue weighted by atomic mass is 9.92. The number of hydrogen-bond donors (Lipinski definition) is 1. The number of anilines is 2. The minimum absolute atomic E-state index is 0.0716. The highest BCUT2D eigenvalue weighted by Gasteiger charge is 2.32. The summed E-state index contributed by atoms with van der Waals surface area (Å²) in [7, 11) is 1.98. The number of carbonyl (C=O) groups is 1. The van der Waals surface area contributed by atoms with E-state index in [4.69, 9.17) is 11.0 Å². The van der Waals surface area contributed by atoms with Gasteiger partial charge in [0.05, 0.1) is 12.1 Å². The maximum atomic E-state index is 12.1. The van der Waals surface area contributed by atoms with E-state index in [1.165, 1.54) is 6.33 Å². The Balaban J connectivity index is 1.88. The van der Waals surface area contributed by atoms with Crippen molar-refractivity contribution in [3.05, 3.63) is 18.5 Å². The number of carbonyl (C=O) groups excluding carboxylic acids is 1. The van der Waals surface area contributed by atoms with Crippen LogP contribution >= 0.6 is 0 Å². The maximum absolute atomic E-state index is 12.1. The van der Waals surface area contributed by atoms with Gasteiger partial charge < -0.3 is 15.5 Å². The number of likely N-dealkylation sites (N-methyl/N-ethyl adjacent to an activating group) is 1. The van der Waals surface area contributed by atoms with Crippen LogP contribution in [0.5, 0.6) is 0 Å². The molecule has 0 bridgehead atoms. The van der Waals surface area contributed by atoms with Crippen LogP contribution in [0.25, 0.3) is 5.52 Å². The first-order valence-electron chi connectivity index (χ1n) is 7.98. The fourth-order valence-corrected chi connectivity index (χ4v) is 3.33. The third kappa shape index (κ3) is 2.73. The van der Waals surface area contributed by atoms with Crippen molar-refractivity contribution in [2.45, 2.75) is 25.8 Å². The van der Waals surface area contributed by atoms with Crippen LogP contribution in [0.1, 0.15) is 19.8 Å². The van der Waals surface area contributed by atoms with Crippen LogP contribution in [0.15, 0.2) is 18.5 Å². The molecule has 0 saturated carbocycles. The molecule has 1 fully saturated rings. The number of piperidine rings is 1. The molecular weight excluding hydrogens is 306 g/mol. The Morgan fingerprint density at radius 1 is 1.54 bits per heavy atom. The molecule has 0 radical (unpaired) electrons. The molecule has 8 nitrogen and oxygen atoms in total. The van der Waals surface area contributed by atoms with Crippen molar-refractivity contribution < 1.29 is 4.79 Å². The summed E-state index contributed by atoms with van der Waals surface area (Å²) in [6, 6.07) is 5.75. The number of aromatic nitrogens is 3. The van der Waals surface area contributed by atoms with E-state index in [0.717, 1.165) is 17.8 Å². The molecule has 2 unspecified atom stereocenters. The highest BCUT2D eigenvalue weighted by molar-refractivity contribution is 5.78. The topological polar surface area (TPSA) is 104 Å². The number of nitrogens with zero attached hydrogens (tertiary/aromatic N) is 6. The van der Waals surface area contributed by atoms with Crippen molar-refractivity contribution in [3.63, 3.8) is 0 Å². The van der Waals surface area contributed by atoms with Gasteiger partial charge in [0, 0.05) is 20.1 Å². The largest absolute Gasteiger partial charge is 0.384 e. The third-order valence-electron chi connectivity index (χ3n) is 4.79. The van der Waals surface area contributed by atoms with Gasteiger partial charge in [-0.3, -0.25) is 4.79 Å². The minimum atomic E-state index is -0.109. The van der Waals surface area contributed by atoms with Crippen LogP contribution in [0.3, 0.4) is 0 Å².